The second kappa shape index (κ2) is 6.91. The molecule has 1 aromatic carbocycles. The highest BCUT2D eigenvalue weighted by molar-refractivity contribution is 5.94. The molecule has 2 rings (SSSR count). The first-order chi connectivity index (χ1) is 10.7. The van der Waals surface area contributed by atoms with Gasteiger partial charge in [0.2, 0.25) is 0 Å². The van der Waals surface area contributed by atoms with Crippen molar-refractivity contribution < 1.29 is 18.0 Å². The van der Waals surface area contributed by atoms with Crippen molar-refractivity contribution >= 4 is 5.91 Å². The highest BCUT2D eigenvalue weighted by atomic mass is 19.4. The standard InChI is InChI=1S/C17H23F3N2O/c1-21(2)14-6-4-5-7-15(14)22(3)16(23)12-8-10-13(11-9-12)17(18,19)20/h8-11,14-15H,4-7H2,1-3H3. The van der Waals surface area contributed by atoms with Crippen molar-refractivity contribution in [2.75, 3.05) is 21.1 Å². The van der Waals surface area contributed by atoms with E-state index in [1.807, 2.05) is 14.1 Å². The fraction of sp³-hybridized carbons (Fsp3) is 0.588. The van der Waals surface area contributed by atoms with E-state index in [-0.39, 0.29) is 18.0 Å². The number of benzene rings is 1. The van der Waals surface area contributed by atoms with E-state index < -0.39 is 11.7 Å². The summed E-state index contributed by atoms with van der Waals surface area (Å²) < 4.78 is 37.8. The van der Waals surface area contributed by atoms with Gasteiger partial charge in [-0.2, -0.15) is 13.2 Å². The van der Waals surface area contributed by atoms with Gasteiger partial charge in [0.05, 0.1) is 5.56 Å². The molecule has 1 aliphatic rings. The molecule has 0 spiro atoms. The molecule has 1 fully saturated rings. The topological polar surface area (TPSA) is 23.6 Å². The molecule has 128 valence electrons. The van der Waals surface area contributed by atoms with Crippen LogP contribution < -0.4 is 0 Å². The number of hydrogen-bond acceptors (Lipinski definition) is 2. The average Bonchev–Trinajstić information content (AvgIpc) is 2.52. The summed E-state index contributed by atoms with van der Waals surface area (Å²) in [6, 6.07) is 4.82. The Bertz CT molecular complexity index is 540. The molecule has 0 aromatic heterocycles. The maximum absolute atomic E-state index is 12.6. The minimum Gasteiger partial charge on any atom is -0.337 e. The summed E-state index contributed by atoms with van der Waals surface area (Å²) in [7, 11) is 5.74. The van der Waals surface area contributed by atoms with Gasteiger partial charge in [0.1, 0.15) is 0 Å². The third-order valence-electron chi connectivity index (χ3n) is 4.63. The lowest BCUT2D eigenvalue weighted by molar-refractivity contribution is -0.137. The number of nitrogens with zero attached hydrogens (tertiary/aromatic N) is 2. The molecule has 3 nitrogen and oxygen atoms in total. The lowest BCUT2D eigenvalue weighted by atomic mass is 9.88. The van der Waals surface area contributed by atoms with Crippen LogP contribution in [0.15, 0.2) is 24.3 Å². The van der Waals surface area contributed by atoms with Crippen LogP contribution >= 0.6 is 0 Å². The van der Waals surface area contributed by atoms with Gasteiger partial charge in [0.15, 0.2) is 0 Å². The molecule has 1 saturated carbocycles. The Hall–Kier alpha value is -1.56. The van der Waals surface area contributed by atoms with Gasteiger partial charge < -0.3 is 9.80 Å². The number of carbonyl (C=O) groups is 1. The first kappa shape index (κ1) is 17.8. The summed E-state index contributed by atoms with van der Waals surface area (Å²) in [5.74, 6) is -0.225. The molecule has 2 atom stereocenters. The van der Waals surface area contributed by atoms with Crippen molar-refractivity contribution in [1.82, 2.24) is 9.80 Å². The molecule has 0 N–H and O–H groups in total. The van der Waals surface area contributed by atoms with Gasteiger partial charge >= 0.3 is 6.18 Å². The van der Waals surface area contributed by atoms with Crippen LogP contribution in [0.5, 0.6) is 0 Å². The molecule has 23 heavy (non-hydrogen) atoms. The van der Waals surface area contributed by atoms with Gasteiger partial charge in [-0.1, -0.05) is 12.8 Å². The summed E-state index contributed by atoms with van der Waals surface area (Å²) in [4.78, 5) is 16.4. The molecule has 0 aliphatic heterocycles. The Morgan fingerprint density at radius 3 is 2.00 bits per heavy atom. The summed E-state index contributed by atoms with van der Waals surface area (Å²) >= 11 is 0. The van der Waals surface area contributed by atoms with Crippen LogP contribution in [0.4, 0.5) is 13.2 Å². The highest BCUT2D eigenvalue weighted by Gasteiger charge is 2.33. The number of rotatable bonds is 3. The zero-order valence-corrected chi connectivity index (χ0v) is 13.7. The molecule has 2 unspecified atom stereocenters. The van der Waals surface area contributed by atoms with Crippen molar-refractivity contribution in [2.24, 2.45) is 0 Å². The molecule has 0 bridgehead atoms. The van der Waals surface area contributed by atoms with Crippen molar-refractivity contribution in [3.63, 3.8) is 0 Å². The Morgan fingerprint density at radius 2 is 1.52 bits per heavy atom. The summed E-state index contributed by atoms with van der Waals surface area (Å²) in [5, 5.41) is 0. The largest absolute Gasteiger partial charge is 0.416 e. The maximum atomic E-state index is 12.6. The van der Waals surface area contributed by atoms with Crippen LogP contribution in [-0.2, 0) is 6.18 Å². The molecule has 1 aliphatic carbocycles. The van der Waals surface area contributed by atoms with Crippen molar-refractivity contribution in [3.05, 3.63) is 35.4 Å². The highest BCUT2D eigenvalue weighted by Crippen LogP contribution is 2.30. The zero-order valence-electron chi connectivity index (χ0n) is 13.7. The van der Waals surface area contributed by atoms with Crippen LogP contribution in [0.25, 0.3) is 0 Å². The number of carbonyl (C=O) groups excluding carboxylic acids is 1. The van der Waals surface area contributed by atoms with E-state index in [9.17, 15) is 18.0 Å². The van der Waals surface area contributed by atoms with E-state index in [2.05, 4.69) is 4.90 Å². The smallest absolute Gasteiger partial charge is 0.337 e. The van der Waals surface area contributed by atoms with Gasteiger partial charge in [0, 0.05) is 24.7 Å². The number of amides is 1. The lowest BCUT2D eigenvalue weighted by Gasteiger charge is -2.41. The van der Waals surface area contributed by atoms with Gasteiger partial charge in [-0.15, -0.1) is 0 Å². The van der Waals surface area contributed by atoms with Crippen molar-refractivity contribution in [2.45, 2.75) is 43.9 Å². The minimum absolute atomic E-state index is 0.0912. The fourth-order valence-electron chi connectivity index (χ4n) is 3.30. The van der Waals surface area contributed by atoms with E-state index in [1.165, 1.54) is 12.1 Å². The zero-order chi connectivity index (χ0) is 17.2. The van der Waals surface area contributed by atoms with Crippen molar-refractivity contribution in [3.8, 4) is 0 Å². The Morgan fingerprint density at radius 1 is 1.00 bits per heavy atom. The Labute approximate surface area is 135 Å². The third-order valence-corrected chi connectivity index (χ3v) is 4.63. The summed E-state index contributed by atoms with van der Waals surface area (Å²) in [6.07, 6.45) is -0.220. The molecule has 0 heterocycles. The normalized spacial score (nSPS) is 22.2. The number of hydrogen-bond donors (Lipinski definition) is 0. The van der Waals surface area contributed by atoms with Gasteiger partial charge in [-0.3, -0.25) is 4.79 Å². The van der Waals surface area contributed by atoms with E-state index in [0.717, 1.165) is 37.8 Å². The van der Waals surface area contributed by atoms with Gasteiger partial charge in [-0.05, 0) is 51.2 Å². The van der Waals surface area contributed by atoms with E-state index in [0.29, 0.717) is 5.56 Å². The SMILES string of the molecule is CN(C)C1CCCCC1N(C)C(=O)c1ccc(C(F)(F)F)cc1. The molecule has 1 aromatic rings. The first-order valence-electron chi connectivity index (χ1n) is 7.82. The van der Waals surface area contributed by atoms with Crippen molar-refractivity contribution in [1.29, 1.82) is 0 Å². The second-order valence-electron chi connectivity index (χ2n) is 6.37. The predicted molar refractivity (Wildman–Crippen MR) is 83.3 cm³/mol. The molecular weight excluding hydrogens is 305 g/mol. The number of halogens is 3. The quantitative estimate of drug-likeness (QED) is 0.845. The maximum Gasteiger partial charge on any atom is 0.416 e. The number of likely N-dealkylation sites (N-methyl/N-ethyl adjacent to an activating group) is 2. The van der Waals surface area contributed by atoms with Crippen LogP contribution in [0.3, 0.4) is 0 Å². The summed E-state index contributed by atoms with van der Waals surface area (Å²) in [6.45, 7) is 0. The molecule has 6 heteroatoms. The number of alkyl halides is 3. The van der Waals surface area contributed by atoms with E-state index in [4.69, 9.17) is 0 Å². The first-order valence-corrected chi connectivity index (χ1v) is 7.82. The molecule has 0 saturated heterocycles. The van der Waals surface area contributed by atoms with E-state index >= 15 is 0 Å². The molecule has 0 radical (unpaired) electrons. The Kier molecular flexibility index (Phi) is 5.34. The second-order valence-corrected chi connectivity index (χ2v) is 6.37. The average molecular weight is 328 g/mol. The van der Waals surface area contributed by atoms with Gasteiger partial charge in [0.25, 0.3) is 5.91 Å². The van der Waals surface area contributed by atoms with E-state index in [1.54, 1.807) is 11.9 Å². The predicted octanol–water partition coefficient (Wildman–Crippen LogP) is 3.65. The Balaban J connectivity index is 2.15. The minimum atomic E-state index is -4.38. The van der Waals surface area contributed by atoms with Gasteiger partial charge in [-0.25, -0.2) is 0 Å². The fourth-order valence-corrected chi connectivity index (χ4v) is 3.30. The monoisotopic (exact) mass is 328 g/mol. The summed E-state index contributed by atoms with van der Waals surface area (Å²) in [5.41, 5.74) is -0.441. The molecular formula is C17H23F3N2O. The molecule has 1 amide bonds. The van der Waals surface area contributed by atoms with Crippen LogP contribution in [0, 0.1) is 0 Å². The van der Waals surface area contributed by atoms with Crippen LogP contribution in [-0.4, -0.2) is 48.9 Å². The third kappa shape index (κ3) is 4.05. The van der Waals surface area contributed by atoms with Crippen LogP contribution in [0.2, 0.25) is 0 Å². The van der Waals surface area contributed by atoms with Crippen LogP contribution in [0.1, 0.15) is 41.6 Å². The lowest BCUT2D eigenvalue weighted by Crippen LogP contribution is -2.51.